The second-order valence-electron chi connectivity index (χ2n) is 3.37. The Morgan fingerprint density at radius 2 is 2.00 bits per heavy atom. The van der Waals surface area contributed by atoms with E-state index >= 15 is 0 Å². The summed E-state index contributed by atoms with van der Waals surface area (Å²) < 4.78 is 7.07. The third kappa shape index (κ3) is 3.64. The van der Waals surface area contributed by atoms with Gasteiger partial charge in [-0.1, -0.05) is 0 Å². The Bertz CT molecular complexity index is 574. The van der Waals surface area contributed by atoms with E-state index in [-0.39, 0.29) is 12.0 Å². The highest BCUT2D eigenvalue weighted by Crippen LogP contribution is 2.24. The van der Waals surface area contributed by atoms with Gasteiger partial charge in [0.05, 0.1) is 7.11 Å². The fourth-order valence-corrected chi connectivity index (χ4v) is 2.03. The molecule has 100 valence electrons. The Balaban J connectivity index is 2.29. The first kappa shape index (κ1) is 14.2. The lowest BCUT2D eigenvalue weighted by atomic mass is 10.3. The van der Waals surface area contributed by atoms with Crippen molar-refractivity contribution in [3.05, 3.63) is 26.2 Å². The molecule has 0 atom stereocenters. The molecule has 19 heavy (non-hydrogen) atoms. The van der Waals surface area contributed by atoms with Gasteiger partial charge in [-0.15, -0.1) is 0 Å². The zero-order valence-corrected chi connectivity index (χ0v) is 13.6. The first-order chi connectivity index (χ1) is 9.12. The first-order valence-electron chi connectivity index (χ1n) is 5.11. The molecule has 0 bridgehead atoms. The van der Waals surface area contributed by atoms with Gasteiger partial charge in [0.15, 0.2) is 0 Å². The van der Waals surface area contributed by atoms with Crippen LogP contribution in [0, 0.1) is 3.57 Å². The van der Waals surface area contributed by atoms with Crippen LogP contribution in [0.3, 0.4) is 0 Å². The number of benzene rings is 1. The molecule has 7 nitrogen and oxygen atoms in total. The van der Waals surface area contributed by atoms with E-state index in [9.17, 15) is 0 Å². The number of anilines is 3. The molecule has 0 fully saturated rings. The van der Waals surface area contributed by atoms with E-state index in [1.54, 1.807) is 0 Å². The molecule has 0 unspecified atom stereocenters. The predicted octanol–water partition coefficient (Wildman–Crippen LogP) is 2.28. The molecule has 2 aromatic rings. The second kappa shape index (κ2) is 6.30. The fourth-order valence-electron chi connectivity index (χ4n) is 1.27. The maximum Gasteiger partial charge on any atom is 0.322 e. The fraction of sp³-hybridized carbons (Fsp3) is 0.100. The summed E-state index contributed by atoms with van der Waals surface area (Å²) in [4.78, 5) is 12.1. The van der Waals surface area contributed by atoms with Crippen molar-refractivity contribution in [1.29, 1.82) is 0 Å². The zero-order chi connectivity index (χ0) is 13.8. The van der Waals surface area contributed by atoms with Gasteiger partial charge in [-0.25, -0.2) is 5.84 Å². The summed E-state index contributed by atoms with van der Waals surface area (Å²) in [7, 11) is 1.47. The van der Waals surface area contributed by atoms with Crippen LogP contribution in [-0.4, -0.2) is 22.1 Å². The summed E-state index contributed by atoms with van der Waals surface area (Å²) in [6, 6.07) is 5.97. The van der Waals surface area contributed by atoms with Crippen LogP contribution in [0.4, 0.5) is 17.6 Å². The minimum Gasteiger partial charge on any atom is -0.467 e. The number of halogens is 2. The van der Waals surface area contributed by atoms with Crippen LogP contribution in [0.1, 0.15) is 0 Å². The standard InChI is InChI=1S/C10H10BrIN6O/c1-19-10-16-8(15-9(17-10)18-13)14-5-2-3-6(11)7(12)4-5/h2-4H,13H2,1H3,(H2,14,15,16,17,18). The Morgan fingerprint density at radius 3 is 2.63 bits per heavy atom. The number of hydrazine groups is 1. The van der Waals surface area contributed by atoms with Crippen molar-refractivity contribution in [3.8, 4) is 6.01 Å². The molecule has 1 aromatic heterocycles. The first-order valence-corrected chi connectivity index (χ1v) is 6.98. The molecule has 9 heteroatoms. The number of methoxy groups -OCH3 is 1. The number of nitrogens with two attached hydrogens (primary N) is 1. The van der Waals surface area contributed by atoms with Crippen molar-refractivity contribution in [2.45, 2.75) is 0 Å². The van der Waals surface area contributed by atoms with Gasteiger partial charge < -0.3 is 10.1 Å². The minimum absolute atomic E-state index is 0.178. The summed E-state index contributed by atoms with van der Waals surface area (Å²) in [6.07, 6.45) is 0. The zero-order valence-electron chi connectivity index (χ0n) is 9.82. The van der Waals surface area contributed by atoms with Crippen LogP contribution in [0.2, 0.25) is 0 Å². The maximum absolute atomic E-state index is 5.29. The van der Waals surface area contributed by atoms with Crippen LogP contribution in [0.5, 0.6) is 6.01 Å². The van der Waals surface area contributed by atoms with Gasteiger partial charge in [0.1, 0.15) is 0 Å². The van der Waals surface area contributed by atoms with Gasteiger partial charge in [0, 0.05) is 13.7 Å². The third-order valence-electron chi connectivity index (χ3n) is 2.10. The normalized spacial score (nSPS) is 10.1. The quantitative estimate of drug-likeness (QED) is 0.384. The highest BCUT2D eigenvalue weighted by molar-refractivity contribution is 14.1. The van der Waals surface area contributed by atoms with Crippen LogP contribution >= 0.6 is 38.5 Å². The van der Waals surface area contributed by atoms with E-state index < -0.39 is 0 Å². The second-order valence-corrected chi connectivity index (χ2v) is 5.38. The van der Waals surface area contributed by atoms with E-state index in [0.29, 0.717) is 5.95 Å². The van der Waals surface area contributed by atoms with Crippen LogP contribution in [0.25, 0.3) is 0 Å². The highest BCUT2D eigenvalue weighted by Gasteiger charge is 2.07. The average molecular weight is 437 g/mol. The highest BCUT2D eigenvalue weighted by atomic mass is 127. The van der Waals surface area contributed by atoms with Gasteiger partial charge in [-0.3, -0.25) is 5.43 Å². The number of aromatic nitrogens is 3. The lowest BCUT2D eigenvalue weighted by Crippen LogP contribution is -2.13. The van der Waals surface area contributed by atoms with E-state index in [1.165, 1.54) is 7.11 Å². The van der Waals surface area contributed by atoms with Gasteiger partial charge in [0.2, 0.25) is 11.9 Å². The summed E-state index contributed by atoms with van der Waals surface area (Å²) in [5.74, 6) is 5.85. The van der Waals surface area contributed by atoms with Crippen molar-refractivity contribution in [2.24, 2.45) is 5.84 Å². The Kier molecular flexibility index (Phi) is 4.71. The molecule has 0 aliphatic rings. The number of hydrogen-bond acceptors (Lipinski definition) is 7. The van der Waals surface area contributed by atoms with Crippen LogP contribution < -0.4 is 21.3 Å². The van der Waals surface area contributed by atoms with Crippen LogP contribution in [-0.2, 0) is 0 Å². The smallest absolute Gasteiger partial charge is 0.322 e. The molecule has 1 aromatic carbocycles. The van der Waals surface area contributed by atoms with Crippen molar-refractivity contribution < 1.29 is 4.74 Å². The number of nitrogens with one attached hydrogen (secondary N) is 2. The minimum atomic E-state index is 0.178. The Labute approximate surface area is 131 Å². The Hall–Kier alpha value is -1.20. The molecule has 0 saturated heterocycles. The molecule has 0 saturated carbocycles. The number of rotatable bonds is 4. The molecule has 0 spiro atoms. The third-order valence-corrected chi connectivity index (χ3v) is 4.43. The molecule has 0 amide bonds. The average Bonchev–Trinajstić information content (AvgIpc) is 2.42. The molecule has 1 heterocycles. The lowest BCUT2D eigenvalue weighted by molar-refractivity contribution is 0.379. The number of ether oxygens (including phenoxy) is 1. The number of nitrogen functional groups attached to an aromatic ring is 1. The topological polar surface area (TPSA) is 98.0 Å². The summed E-state index contributed by atoms with van der Waals surface area (Å²) >= 11 is 5.66. The van der Waals surface area contributed by atoms with Crippen molar-refractivity contribution >= 4 is 56.1 Å². The number of hydrogen-bond donors (Lipinski definition) is 3. The molecular weight excluding hydrogens is 427 g/mol. The Morgan fingerprint density at radius 1 is 1.26 bits per heavy atom. The van der Waals surface area contributed by atoms with Gasteiger partial charge in [-0.2, -0.15) is 15.0 Å². The van der Waals surface area contributed by atoms with Crippen molar-refractivity contribution in [2.75, 3.05) is 17.9 Å². The molecule has 2 rings (SSSR count). The lowest BCUT2D eigenvalue weighted by Gasteiger charge is -2.08. The monoisotopic (exact) mass is 436 g/mol. The summed E-state index contributed by atoms with van der Waals surface area (Å²) in [5.41, 5.74) is 3.21. The number of nitrogens with zero attached hydrogens (tertiary/aromatic N) is 3. The largest absolute Gasteiger partial charge is 0.467 e. The van der Waals surface area contributed by atoms with E-state index in [2.05, 4.69) is 64.2 Å². The molecule has 0 aliphatic heterocycles. The van der Waals surface area contributed by atoms with Gasteiger partial charge >= 0.3 is 6.01 Å². The van der Waals surface area contributed by atoms with Gasteiger partial charge in [-0.05, 0) is 56.7 Å². The molecular formula is C10H10BrIN6O. The van der Waals surface area contributed by atoms with Crippen molar-refractivity contribution in [3.63, 3.8) is 0 Å². The van der Waals surface area contributed by atoms with Crippen LogP contribution in [0.15, 0.2) is 22.7 Å². The predicted molar refractivity (Wildman–Crippen MR) is 84.3 cm³/mol. The van der Waals surface area contributed by atoms with Crippen molar-refractivity contribution in [1.82, 2.24) is 15.0 Å². The molecule has 0 aliphatic carbocycles. The summed E-state index contributed by atoms with van der Waals surface area (Å²) in [5, 5.41) is 3.06. The SMILES string of the molecule is COc1nc(NN)nc(Nc2ccc(Br)c(I)c2)n1. The van der Waals surface area contributed by atoms with E-state index in [1.807, 2.05) is 18.2 Å². The molecule has 0 radical (unpaired) electrons. The molecule has 4 N–H and O–H groups in total. The van der Waals surface area contributed by atoms with Gasteiger partial charge in [0.25, 0.3) is 0 Å². The van der Waals surface area contributed by atoms with E-state index in [0.717, 1.165) is 13.7 Å². The van der Waals surface area contributed by atoms with E-state index in [4.69, 9.17) is 10.6 Å². The maximum atomic E-state index is 5.29. The summed E-state index contributed by atoms with van der Waals surface area (Å²) in [6.45, 7) is 0.